The van der Waals surface area contributed by atoms with Crippen LogP contribution in [-0.4, -0.2) is 61.4 Å². The molecule has 48 heavy (non-hydrogen) atoms. The molecule has 0 aromatic rings. The molecule has 0 radical (unpaired) electrons. The minimum absolute atomic E-state index is 0.0308. The second-order valence-electron chi connectivity index (χ2n) is 14.5. The van der Waals surface area contributed by atoms with Crippen molar-refractivity contribution in [3.8, 4) is 0 Å². The third-order valence-electron chi connectivity index (χ3n) is 9.79. The van der Waals surface area contributed by atoms with Gasteiger partial charge in [-0.05, 0) is 58.0 Å². The molecular formula is C42H83NO5. The Morgan fingerprint density at radius 2 is 0.875 bits per heavy atom. The summed E-state index contributed by atoms with van der Waals surface area (Å²) in [6.45, 7) is 10.9. The van der Waals surface area contributed by atoms with E-state index in [4.69, 9.17) is 9.47 Å². The number of nitrogens with zero attached hydrogens (tertiary/aromatic N) is 1. The molecule has 0 aliphatic carbocycles. The van der Waals surface area contributed by atoms with Crippen molar-refractivity contribution in [1.29, 1.82) is 0 Å². The van der Waals surface area contributed by atoms with Crippen molar-refractivity contribution in [3.63, 3.8) is 0 Å². The highest BCUT2D eigenvalue weighted by Gasteiger charge is 2.19. The van der Waals surface area contributed by atoms with Crippen molar-refractivity contribution in [3.05, 3.63) is 0 Å². The van der Waals surface area contributed by atoms with Gasteiger partial charge in [-0.2, -0.15) is 0 Å². The first-order valence-corrected chi connectivity index (χ1v) is 21.2. The Bertz CT molecular complexity index is 672. The molecule has 0 saturated carbocycles. The average Bonchev–Trinajstić information content (AvgIpc) is 3.08. The molecule has 1 unspecified atom stereocenters. The number of carbonyl (C=O) groups excluding carboxylic acids is 2. The van der Waals surface area contributed by atoms with Crippen LogP contribution in [0.4, 0.5) is 0 Å². The largest absolute Gasteiger partial charge is 0.466 e. The summed E-state index contributed by atoms with van der Waals surface area (Å²) in [5.74, 6) is 0.117. The molecule has 6 heteroatoms. The van der Waals surface area contributed by atoms with Crippen LogP contribution in [-0.2, 0) is 19.1 Å². The number of rotatable bonds is 39. The monoisotopic (exact) mass is 682 g/mol. The zero-order valence-electron chi connectivity index (χ0n) is 32.6. The van der Waals surface area contributed by atoms with Gasteiger partial charge in [-0.3, -0.25) is 9.59 Å². The molecule has 1 N–H and O–H groups in total. The number of ether oxygens (including phenoxy) is 2. The van der Waals surface area contributed by atoms with E-state index >= 15 is 0 Å². The Labute approximate surface area is 299 Å². The number of aliphatic hydroxyl groups is 1. The lowest BCUT2D eigenvalue weighted by Gasteiger charge is -2.21. The van der Waals surface area contributed by atoms with Gasteiger partial charge in [0.2, 0.25) is 0 Å². The highest BCUT2D eigenvalue weighted by Crippen LogP contribution is 2.21. The summed E-state index contributed by atoms with van der Waals surface area (Å²) >= 11 is 0. The molecule has 0 aromatic carbocycles. The fraction of sp³-hybridized carbons (Fsp3) is 0.952. The van der Waals surface area contributed by atoms with E-state index in [1.807, 2.05) is 0 Å². The van der Waals surface area contributed by atoms with Crippen LogP contribution in [0.2, 0.25) is 0 Å². The Kier molecular flexibility index (Phi) is 37.7. The van der Waals surface area contributed by atoms with Gasteiger partial charge >= 0.3 is 11.9 Å². The highest BCUT2D eigenvalue weighted by molar-refractivity contribution is 5.72. The lowest BCUT2D eigenvalue weighted by atomic mass is 9.94. The van der Waals surface area contributed by atoms with E-state index in [-0.39, 0.29) is 24.5 Å². The maximum absolute atomic E-state index is 12.8. The van der Waals surface area contributed by atoms with Crippen LogP contribution in [0.15, 0.2) is 0 Å². The molecule has 0 aliphatic heterocycles. The topological polar surface area (TPSA) is 76.1 Å². The van der Waals surface area contributed by atoms with Crippen LogP contribution in [0.5, 0.6) is 0 Å². The molecule has 0 aromatic heterocycles. The second kappa shape index (κ2) is 38.7. The fourth-order valence-electron chi connectivity index (χ4n) is 6.56. The normalized spacial score (nSPS) is 12.1. The first kappa shape index (κ1) is 46.9. The summed E-state index contributed by atoms with van der Waals surface area (Å²) in [4.78, 5) is 27.2. The van der Waals surface area contributed by atoms with Crippen LogP contribution in [0.25, 0.3) is 0 Å². The zero-order chi connectivity index (χ0) is 35.2. The van der Waals surface area contributed by atoms with Crippen molar-refractivity contribution >= 4 is 11.9 Å². The Morgan fingerprint density at radius 1 is 0.479 bits per heavy atom. The number of hydrogen-bond donors (Lipinski definition) is 1. The molecule has 6 nitrogen and oxygen atoms in total. The zero-order valence-corrected chi connectivity index (χ0v) is 32.6. The molecule has 0 rings (SSSR count). The molecule has 0 saturated heterocycles. The van der Waals surface area contributed by atoms with Gasteiger partial charge in [0.1, 0.15) is 0 Å². The van der Waals surface area contributed by atoms with Gasteiger partial charge in [-0.15, -0.1) is 0 Å². The van der Waals surface area contributed by atoms with Gasteiger partial charge < -0.3 is 19.5 Å². The Balaban J connectivity index is 3.87. The minimum atomic E-state index is -0.0308. The average molecular weight is 682 g/mol. The van der Waals surface area contributed by atoms with E-state index in [1.165, 1.54) is 109 Å². The molecule has 0 spiro atoms. The molecule has 0 amide bonds. The second-order valence-corrected chi connectivity index (χ2v) is 14.5. The number of aliphatic hydroxyl groups excluding tert-OH is 1. The summed E-state index contributed by atoms with van der Waals surface area (Å²) in [5.41, 5.74) is 0. The predicted octanol–water partition coefficient (Wildman–Crippen LogP) is 11.7. The van der Waals surface area contributed by atoms with Crippen molar-refractivity contribution in [2.45, 2.75) is 213 Å². The number of esters is 2. The van der Waals surface area contributed by atoms with Crippen LogP contribution >= 0.6 is 0 Å². The molecule has 0 heterocycles. The SMILES string of the molecule is CCCCCCCCCOC(=O)CCCCCCCN(CCO)CCCCCCCOC(=O)C(CCCCCC)CCCCCCCC. The standard InChI is InChI=1S/C42H83NO5/c1-4-7-10-13-15-22-29-38-47-41(45)33-26-19-16-20-27-34-43(36-37-44)35-28-21-17-23-30-39-48-42(46)40(31-24-12-9-6-3)32-25-18-14-11-8-5-2/h40,44H,4-39H2,1-3H3. The lowest BCUT2D eigenvalue weighted by molar-refractivity contribution is -0.149. The third kappa shape index (κ3) is 33.4. The smallest absolute Gasteiger partial charge is 0.308 e. The van der Waals surface area contributed by atoms with Crippen molar-refractivity contribution in [2.24, 2.45) is 5.92 Å². The van der Waals surface area contributed by atoms with Crippen molar-refractivity contribution in [2.75, 3.05) is 39.5 Å². The van der Waals surface area contributed by atoms with E-state index in [0.717, 1.165) is 96.7 Å². The summed E-state index contributed by atoms with van der Waals surface area (Å²) in [5, 5.41) is 9.52. The fourth-order valence-corrected chi connectivity index (χ4v) is 6.56. The Morgan fingerprint density at radius 3 is 1.38 bits per heavy atom. The number of carbonyl (C=O) groups is 2. The molecular weight excluding hydrogens is 598 g/mol. The summed E-state index contributed by atoms with van der Waals surface area (Å²) in [6.07, 6.45) is 34.8. The van der Waals surface area contributed by atoms with Gasteiger partial charge in [-0.25, -0.2) is 0 Å². The molecule has 0 fully saturated rings. The number of unbranched alkanes of at least 4 members (excludes halogenated alkanes) is 22. The van der Waals surface area contributed by atoms with E-state index < -0.39 is 0 Å². The van der Waals surface area contributed by atoms with Gasteiger partial charge in [0.15, 0.2) is 0 Å². The molecule has 286 valence electrons. The van der Waals surface area contributed by atoms with Gasteiger partial charge in [0.25, 0.3) is 0 Å². The molecule has 1 atom stereocenters. The predicted molar refractivity (Wildman–Crippen MR) is 204 cm³/mol. The summed E-state index contributed by atoms with van der Waals surface area (Å²) in [6, 6.07) is 0. The summed E-state index contributed by atoms with van der Waals surface area (Å²) in [7, 11) is 0. The van der Waals surface area contributed by atoms with Crippen molar-refractivity contribution in [1.82, 2.24) is 4.90 Å². The van der Waals surface area contributed by atoms with E-state index in [0.29, 0.717) is 19.6 Å². The van der Waals surface area contributed by atoms with E-state index in [1.54, 1.807) is 0 Å². The van der Waals surface area contributed by atoms with Gasteiger partial charge in [-0.1, -0.05) is 162 Å². The Hall–Kier alpha value is -1.14. The maximum atomic E-state index is 12.8. The highest BCUT2D eigenvalue weighted by atomic mass is 16.5. The van der Waals surface area contributed by atoms with Gasteiger partial charge in [0, 0.05) is 13.0 Å². The van der Waals surface area contributed by atoms with E-state index in [2.05, 4.69) is 25.7 Å². The van der Waals surface area contributed by atoms with Crippen molar-refractivity contribution < 1.29 is 24.2 Å². The first-order valence-electron chi connectivity index (χ1n) is 21.2. The maximum Gasteiger partial charge on any atom is 0.308 e. The number of hydrogen-bond acceptors (Lipinski definition) is 6. The quantitative estimate of drug-likeness (QED) is 0.0514. The molecule has 0 bridgehead atoms. The van der Waals surface area contributed by atoms with E-state index in [9.17, 15) is 14.7 Å². The summed E-state index contributed by atoms with van der Waals surface area (Å²) < 4.78 is 11.2. The lowest BCUT2D eigenvalue weighted by Crippen LogP contribution is -2.29. The van der Waals surface area contributed by atoms with Crippen LogP contribution in [0.1, 0.15) is 213 Å². The van der Waals surface area contributed by atoms with Crippen LogP contribution < -0.4 is 0 Å². The third-order valence-corrected chi connectivity index (χ3v) is 9.79. The molecule has 0 aliphatic rings. The van der Waals surface area contributed by atoms with Crippen LogP contribution in [0.3, 0.4) is 0 Å². The van der Waals surface area contributed by atoms with Gasteiger partial charge in [0.05, 0.1) is 25.7 Å². The van der Waals surface area contributed by atoms with Crippen LogP contribution in [0, 0.1) is 5.92 Å². The minimum Gasteiger partial charge on any atom is -0.466 e. The first-order chi connectivity index (χ1) is 23.6.